The monoisotopic (exact) mass is 330 g/mol. The molecule has 1 saturated heterocycles. The summed E-state index contributed by atoms with van der Waals surface area (Å²) in [6.07, 6.45) is 4.48. The molecule has 6 heteroatoms. The molecule has 0 saturated carbocycles. The van der Waals surface area contributed by atoms with E-state index in [1.165, 1.54) is 12.8 Å². The number of amides is 1. The van der Waals surface area contributed by atoms with Gasteiger partial charge in [-0.1, -0.05) is 23.7 Å². The van der Waals surface area contributed by atoms with Crippen molar-refractivity contribution in [2.24, 2.45) is 0 Å². The molecule has 0 atom stereocenters. The van der Waals surface area contributed by atoms with Gasteiger partial charge in [-0.05, 0) is 36.6 Å². The highest BCUT2D eigenvalue weighted by molar-refractivity contribution is 6.30. The number of aromatic nitrogens is 2. The fraction of sp³-hybridized carbons (Fsp3) is 0.353. The Hall–Kier alpha value is -2.14. The molecule has 1 aromatic carbocycles. The maximum absolute atomic E-state index is 12.0. The first-order chi connectivity index (χ1) is 11.2. The van der Waals surface area contributed by atoms with Crippen molar-refractivity contribution in [1.82, 2.24) is 15.3 Å². The van der Waals surface area contributed by atoms with Crippen LogP contribution in [0.5, 0.6) is 0 Å². The average molecular weight is 331 g/mol. The first kappa shape index (κ1) is 15.7. The second-order valence-electron chi connectivity index (χ2n) is 5.61. The van der Waals surface area contributed by atoms with Gasteiger partial charge in [0.05, 0.1) is 13.0 Å². The molecule has 3 rings (SSSR count). The van der Waals surface area contributed by atoms with Crippen molar-refractivity contribution in [3.05, 3.63) is 52.9 Å². The fourth-order valence-corrected chi connectivity index (χ4v) is 2.75. The van der Waals surface area contributed by atoms with E-state index in [0.29, 0.717) is 23.8 Å². The van der Waals surface area contributed by atoms with Crippen LogP contribution in [0.3, 0.4) is 0 Å². The highest BCUT2D eigenvalue weighted by atomic mass is 35.5. The lowest BCUT2D eigenvalue weighted by atomic mass is 10.1. The number of halogens is 1. The minimum absolute atomic E-state index is 0.0532. The third-order valence-corrected chi connectivity index (χ3v) is 4.09. The Morgan fingerprint density at radius 1 is 1.17 bits per heavy atom. The first-order valence-corrected chi connectivity index (χ1v) is 8.16. The summed E-state index contributed by atoms with van der Waals surface area (Å²) in [5, 5.41) is 3.53. The standard InChI is InChI=1S/C17H19ClN4O/c18-14-5-3-13(4-6-14)11-17(23)20-12-15-19-8-7-16(21-15)22-9-1-2-10-22/h3-8H,1-2,9-12H2,(H,20,23). The molecular weight excluding hydrogens is 312 g/mol. The van der Waals surface area contributed by atoms with Crippen LogP contribution in [-0.4, -0.2) is 29.0 Å². The molecule has 0 radical (unpaired) electrons. The summed E-state index contributed by atoms with van der Waals surface area (Å²) in [5.74, 6) is 1.53. The largest absolute Gasteiger partial charge is 0.357 e. The van der Waals surface area contributed by atoms with E-state index < -0.39 is 0 Å². The zero-order valence-corrected chi connectivity index (χ0v) is 13.6. The van der Waals surface area contributed by atoms with Crippen LogP contribution in [0.1, 0.15) is 24.2 Å². The van der Waals surface area contributed by atoms with Gasteiger partial charge in [-0.15, -0.1) is 0 Å². The van der Waals surface area contributed by atoms with E-state index >= 15 is 0 Å². The number of anilines is 1. The normalized spacial score (nSPS) is 14.0. The average Bonchev–Trinajstić information content (AvgIpc) is 3.10. The van der Waals surface area contributed by atoms with Crippen molar-refractivity contribution in [2.75, 3.05) is 18.0 Å². The Kier molecular flexibility index (Phi) is 5.08. The highest BCUT2D eigenvalue weighted by Crippen LogP contribution is 2.16. The van der Waals surface area contributed by atoms with E-state index in [1.54, 1.807) is 18.3 Å². The van der Waals surface area contributed by atoms with Gasteiger partial charge in [0, 0.05) is 24.3 Å². The van der Waals surface area contributed by atoms with E-state index in [-0.39, 0.29) is 5.91 Å². The molecular formula is C17H19ClN4O. The summed E-state index contributed by atoms with van der Waals surface area (Å²) in [4.78, 5) is 23.0. The van der Waals surface area contributed by atoms with Crippen molar-refractivity contribution < 1.29 is 4.79 Å². The maximum atomic E-state index is 12.0. The molecule has 1 aliphatic rings. The minimum atomic E-state index is -0.0532. The van der Waals surface area contributed by atoms with Gasteiger partial charge in [-0.25, -0.2) is 9.97 Å². The van der Waals surface area contributed by atoms with Gasteiger partial charge in [0.1, 0.15) is 11.6 Å². The predicted molar refractivity (Wildman–Crippen MR) is 90.5 cm³/mol. The number of rotatable bonds is 5. The molecule has 120 valence electrons. The van der Waals surface area contributed by atoms with E-state index in [1.807, 2.05) is 18.2 Å². The van der Waals surface area contributed by atoms with Crippen LogP contribution < -0.4 is 10.2 Å². The van der Waals surface area contributed by atoms with Gasteiger partial charge < -0.3 is 10.2 Å². The maximum Gasteiger partial charge on any atom is 0.224 e. The summed E-state index contributed by atoms with van der Waals surface area (Å²) < 4.78 is 0. The number of carbonyl (C=O) groups is 1. The SMILES string of the molecule is O=C(Cc1ccc(Cl)cc1)NCc1nccc(N2CCCC2)n1. The van der Waals surface area contributed by atoms with Crippen LogP contribution in [0.2, 0.25) is 5.02 Å². The first-order valence-electron chi connectivity index (χ1n) is 7.79. The van der Waals surface area contributed by atoms with Crippen molar-refractivity contribution in [2.45, 2.75) is 25.8 Å². The van der Waals surface area contributed by atoms with Crippen molar-refractivity contribution in [3.8, 4) is 0 Å². The van der Waals surface area contributed by atoms with Gasteiger partial charge in [0.25, 0.3) is 0 Å². The van der Waals surface area contributed by atoms with Crippen LogP contribution in [0.25, 0.3) is 0 Å². The molecule has 0 spiro atoms. The zero-order valence-electron chi connectivity index (χ0n) is 12.8. The Morgan fingerprint density at radius 3 is 2.65 bits per heavy atom. The summed E-state index contributed by atoms with van der Waals surface area (Å²) in [7, 11) is 0. The van der Waals surface area contributed by atoms with E-state index in [4.69, 9.17) is 11.6 Å². The molecule has 1 fully saturated rings. The number of hydrogen-bond acceptors (Lipinski definition) is 4. The quantitative estimate of drug-likeness (QED) is 0.915. The molecule has 1 aliphatic heterocycles. The summed E-state index contributed by atoms with van der Waals surface area (Å²) in [5.41, 5.74) is 0.929. The lowest BCUT2D eigenvalue weighted by Gasteiger charge is -2.16. The topological polar surface area (TPSA) is 58.1 Å². The molecule has 1 aromatic heterocycles. The van der Waals surface area contributed by atoms with Crippen molar-refractivity contribution in [1.29, 1.82) is 0 Å². The Bertz CT molecular complexity index is 669. The van der Waals surface area contributed by atoms with Gasteiger partial charge in [-0.3, -0.25) is 4.79 Å². The number of benzene rings is 1. The zero-order chi connectivity index (χ0) is 16.1. The molecule has 1 N–H and O–H groups in total. The smallest absolute Gasteiger partial charge is 0.224 e. The summed E-state index contributed by atoms with van der Waals surface area (Å²) in [6.45, 7) is 2.42. The van der Waals surface area contributed by atoms with Gasteiger partial charge in [0.2, 0.25) is 5.91 Å². The molecule has 2 aromatic rings. The van der Waals surface area contributed by atoms with E-state index in [0.717, 1.165) is 24.5 Å². The predicted octanol–water partition coefficient (Wildman–Crippen LogP) is 2.59. The van der Waals surface area contributed by atoms with Crippen LogP contribution in [0.4, 0.5) is 5.82 Å². The molecule has 0 unspecified atom stereocenters. The molecule has 5 nitrogen and oxygen atoms in total. The van der Waals surface area contributed by atoms with Gasteiger partial charge in [-0.2, -0.15) is 0 Å². The number of nitrogens with zero attached hydrogens (tertiary/aromatic N) is 3. The van der Waals surface area contributed by atoms with Crippen molar-refractivity contribution >= 4 is 23.3 Å². The van der Waals surface area contributed by atoms with Crippen molar-refractivity contribution in [3.63, 3.8) is 0 Å². The van der Waals surface area contributed by atoms with E-state index in [9.17, 15) is 4.79 Å². The lowest BCUT2D eigenvalue weighted by Crippen LogP contribution is -2.26. The third-order valence-electron chi connectivity index (χ3n) is 3.84. The Labute approximate surface area is 140 Å². The van der Waals surface area contributed by atoms with Crippen LogP contribution in [-0.2, 0) is 17.8 Å². The number of hydrogen-bond donors (Lipinski definition) is 1. The summed E-state index contributed by atoms with van der Waals surface area (Å²) >= 11 is 5.84. The summed E-state index contributed by atoms with van der Waals surface area (Å²) in [6, 6.07) is 9.20. The molecule has 1 amide bonds. The third kappa shape index (κ3) is 4.42. The van der Waals surface area contributed by atoms with Crippen LogP contribution in [0.15, 0.2) is 36.5 Å². The van der Waals surface area contributed by atoms with Gasteiger partial charge in [0.15, 0.2) is 0 Å². The molecule has 0 bridgehead atoms. The molecule has 23 heavy (non-hydrogen) atoms. The van der Waals surface area contributed by atoms with Crippen LogP contribution >= 0.6 is 11.6 Å². The second kappa shape index (κ2) is 7.42. The van der Waals surface area contributed by atoms with Gasteiger partial charge >= 0.3 is 0 Å². The second-order valence-corrected chi connectivity index (χ2v) is 6.04. The minimum Gasteiger partial charge on any atom is -0.357 e. The molecule has 0 aliphatic carbocycles. The Morgan fingerprint density at radius 2 is 1.91 bits per heavy atom. The lowest BCUT2D eigenvalue weighted by molar-refractivity contribution is -0.120. The van der Waals surface area contributed by atoms with Crippen LogP contribution in [0, 0.1) is 0 Å². The molecule has 2 heterocycles. The highest BCUT2D eigenvalue weighted by Gasteiger charge is 2.14. The van der Waals surface area contributed by atoms with E-state index in [2.05, 4.69) is 20.2 Å². The fourth-order valence-electron chi connectivity index (χ4n) is 2.62. The number of nitrogens with one attached hydrogen (secondary N) is 1. The number of carbonyl (C=O) groups excluding carboxylic acids is 1. The Balaban J connectivity index is 1.54.